The summed E-state index contributed by atoms with van der Waals surface area (Å²) in [6.07, 6.45) is -0.124. The number of aliphatic carboxylic acids is 1. The van der Waals surface area contributed by atoms with E-state index in [1.165, 1.54) is 4.88 Å². The summed E-state index contributed by atoms with van der Waals surface area (Å²) in [5.41, 5.74) is 3.98. The van der Waals surface area contributed by atoms with E-state index in [4.69, 9.17) is 4.99 Å². The monoisotopic (exact) mass is 366 g/mol. The predicted molar refractivity (Wildman–Crippen MR) is 101 cm³/mol. The number of fused-ring (bicyclic) bond motifs is 3. The summed E-state index contributed by atoms with van der Waals surface area (Å²) < 4.78 is 1.97. The van der Waals surface area contributed by atoms with Gasteiger partial charge in [-0.15, -0.1) is 21.5 Å². The summed E-state index contributed by atoms with van der Waals surface area (Å²) in [7, 11) is 0. The first-order chi connectivity index (χ1) is 12.5. The van der Waals surface area contributed by atoms with Gasteiger partial charge in [0, 0.05) is 16.0 Å². The van der Waals surface area contributed by atoms with Gasteiger partial charge in [0.15, 0.2) is 5.82 Å². The number of benzene rings is 1. The SMILES string of the molecule is Cc1sc2c(c1C)C(c1ccccc1)=NC(CC(=O)O)c1nnc(C)n1-2. The minimum atomic E-state index is -0.906. The number of carboxylic acids is 1. The number of rotatable bonds is 3. The Morgan fingerprint density at radius 2 is 1.92 bits per heavy atom. The third kappa shape index (κ3) is 2.55. The maximum Gasteiger partial charge on any atom is 0.306 e. The Hall–Kier alpha value is -2.80. The van der Waals surface area contributed by atoms with Crippen LogP contribution < -0.4 is 0 Å². The molecule has 2 aromatic heterocycles. The smallest absolute Gasteiger partial charge is 0.306 e. The first kappa shape index (κ1) is 16.7. The van der Waals surface area contributed by atoms with Crippen LogP contribution in [-0.2, 0) is 4.79 Å². The van der Waals surface area contributed by atoms with Crippen molar-refractivity contribution in [3.8, 4) is 5.00 Å². The van der Waals surface area contributed by atoms with Gasteiger partial charge in [0.25, 0.3) is 0 Å². The molecule has 1 atom stereocenters. The summed E-state index contributed by atoms with van der Waals surface area (Å²) in [6, 6.07) is 9.32. The van der Waals surface area contributed by atoms with E-state index in [0.717, 1.165) is 33.2 Å². The van der Waals surface area contributed by atoms with Gasteiger partial charge in [0.2, 0.25) is 0 Å². The van der Waals surface area contributed by atoms with Gasteiger partial charge in [-0.05, 0) is 26.3 Å². The van der Waals surface area contributed by atoms with Gasteiger partial charge in [0.1, 0.15) is 16.9 Å². The van der Waals surface area contributed by atoms with Gasteiger partial charge in [-0.2, -0.15) is 0 Å². The Morgan fingerprint density at radius 1 is 1.19 bits per heavy atom. The van der Waals surface area contributed by atoms with Crippen LogP contribution in [0.5, 0.6) is 0 Å². The molecule has 0 aliphatic carbocycles. The van der Waals surface area contributed by atoms with E-state index in [1.54, 1.807) is 11.3 Å². The quantitative estimate of drug-likeness (QED) is 0.768. The highest BCUT2D eigenvalue weighted by atomic mass is 32.1. The molecule has 0 saturated carbocycles. The van der Waals surface area contributed by atoms with E-state index in [2.05, 4.69) is 24.0 Å². The number of carboxylic acid groups (broad SMARTS) is 1. The van der Waals surface area contributed by atoms with E-state index in [1.807, 2.05) is 41.8 Å². The molecule has 0 bridgehead atoms. The molecule has 0 fully saturated rings. The van der Waals surface area contributed by atoms with Crippen LogP contribution in [-0.4, -0.2) is 31.6 Å². The highest BCUT2D eigenvalue weighted by molar-refractivity contribution is 7.15. The highest BCUT2D eigenvalue weighted by Crippen LogP contribution is 2.39. The van der Waals surface area contributed by atoms with Crippen LogP contribution in [0.25, 0.3) is 5.00 Å². The summed E-state index contributed by atoms with van der Waals surface area (Å²) in [4.78, 5) is 17.5. The second-order valence-corrected chi connectivity index (χ2v) is 7.56. The lowest BCUT2D eigenvalue weighted by molar-refractivity contribution is -0.137. The van der Waals surface area contributed by atoms with Crippen molar-refractivity contribution in [1.29, 1.82) is 0 Å². The molecule has 6 nitrogen and oxygen atoms in total. The Morgan fingerprint density at radius 3 is 2.62 bits per heavy atom. The predicted octanol–water partition coefficient (Wildman–Crippen LogP) is 3.62. The molecule has 0 amide bonds. The molecule has 0 radical (unpaired) electrons. The van der Waals surface area contributed by atoms with Crippen molar-refractivity contribution in [1.82, 2.24) is 14.8 Å². The van der Waals surface area contributed by atoms with E-state index in [0.29, 0.717) is 5.82 Å². The Kier molecular flexibility index (Phi) is 3.96. The van der Waals surface area contributed by atoms with Crippen LogP contribution in [0.15, 0.2) is 35.3 Å². The number of thiophene rings is 1. The average Bonchev–Trinajstić information content (AvgIpc) is 3.08. The van der Waals surface area contributed by atoms with Crippen LogP contribution in [0.4, 0.5) is 0 Å². The Bertz CT molecular complexity index is 1030. The van der Waals surface area contributed by atoms with Gasteiger partial charge >= 0.3 is 5.97 Å². The second kappa shape index (κ2) is 6.17. The van der Waals surface area contributed by atoms with E-state index >= 15 is 0 Å². The molecule has 1 aliphatic rings. The summed E-state index contributed by atoms with van der Waals surface area (Å²) in [5, 5.41) is 18.9. The number of nitrogens with zero attached hydrogens (tertiary/aromatic N) is 4. The Labute approximate surface area is 154 Å². The highest BCUT2D eigenvalue weighted by Gasteiger charge is 2.32. The standard InChI is InChI=1S/C19H18N4O2S/c1-10-11(2)26-19-16(10)17(13-7-5-4-6-8-13)20-14(9-15(24)25)18-22-21-12(3)23(18)19/h4-8,14H,9H2,1-3H3,(H,24,25). The van der Waals surface area contributed by atoms with Gasteiger partial charge < -0.3 is 5.11 Å². The van der Waals surface area contributed by atoms with Gasteiger partial charge in [-0.3, -0.25) is 14.4 Å². The topological polar surface area (TPSA) is 80.4 Å². The number of aliphatic imine (C=N–C) groups is 1. The molecule has 3 aromatic rings. The lowest BCUT2D eigenvalue weighted by Gasteiger charge is -2.10. The lowest BCUT2D eigenvalue weighted by atomic mass is 10.00. The summed E-state index contributed by atoms with van der Waals surface area (Å²) in [6.45, 7) is 6.06. The fourth-order valence-electron chi connectivity index (χ4n) is 3.29. The average molecular weight is 366 g/mol. The molecule has 1 aliphatic heterocycles. The maximum absolute atomic E-state index is 11.4. The molecule has 1 unspecified atom stereocenters. The molecule has 4 rings (SSSR count). The van der Waals surface area contributed by atoms with Crippen molar-refractivity contribution in [2.24, 2.45) is 4.99 Å². The van der Waals surface area contributed by atoms with Gasteiger partial charge in [0.05, 0.1) is 12.1 Å². The van der Waals surface area contributed by atoms with Crippen LogP contribution in [0.3, 0.4) is 0 Å². The first-order valence-corrected chi connectivity index (χ1v) is 9.16. The van der Waals surface area contributed by atoms with Crippen LogP contribution in [0.1, 0.15) is 45.7 Å². The zero-order chi connectivity index (χ0) is 18.4. The van der Waals surface area contributed by atoms with Crippen molar-refractivity contribution in [2.75, 3.05) is 0 Å². The molecular weight excluding hydrogens is 348 g/mol. The zero-order valence-electron chi connectivity index (χ0n) is 14.7. The molecule has 0 saturated heterocycles. The van der Waals surface area contributed by atoms with Crippen molar-refractivity contribution >= 4 is 23.0 Å². The van der Waals surface area contributed by atoms with Crippen molar-refractivity contribution in [3.05, 3.63) is 63.5 Å². The summed E-state index contributed by atoms with van der Waals surface area (Å²) in [5.74, 6) is 0.414. The molecule has 1 aromatic carbocycles. The Balaban J connectivity index is 2.05. The fraction of sp³-hybridized carbons (Fsp3) is 0.263. The number of hydrogen-bond acceptors (Lipinski definition) is 5. The minimum absolute atomic E-state index is 0.124. The van der Waals surface area contributed by atoms with Gasteiger partial charge in [-0.1, -0.05) is 30.3 Å². The molecule has 1 N–H and O–H groups in total. The summed E-state index contributed by atoms with van der Waals surface area (Å²) >= 11 is 1.67. The third-order valence-corrected chi connectivity index (χ3v) is 5.85. The lowest BCUT2D eigenvalue weighted by Crippen LogP contribution is -2.10. The van der Waals surface area contributed by atoms with Crippen molar-refractivity contribution < 1.29 is 9.90 Å². The van der Waals surface area contributed by atoms with Crippen molar-refractivity contribution in [3.63, 3.8) is 0 Å². The minimum Gasteiger partial charge on any atom is -0.481 e. The third-order valence-electron chi connectivity index (χ3n) is 4.65. The number of aryl methyl sites for hydroxylation is 2. The van der Waals surface area contributed by atoms with E-state index < -0.39 is 12.0 Å². The zero-order valence-corrected chi connectivity index (χ0v) is 15.5. The number of hydrogen-bond donors (Lipinski definition) is 1. The first-order valence-electron chi connectivity index (χ1n) is 8.35. The van der Waals surface area contributed by atoms with Crippen LogP contribution in [0, 0.1) is 20.8 Å². The fourth-order valence-corrected chi connectivity index (χ4v) is 4.50. The maximum atomic E-state index is 11.4. The molecule has 7 heteroatoms. The second-order valence-electron chi connectivity index (χ2n) is 6.36. The van der Waals surface area contributed by atoms with E-state index in [9.17, 15) is 9.90 Å². The number of carbonyl (C=O) groups is 1. The normalized spacial score (nSPS) is 15.8. The van der Waals surface area contributed by atoms with Crippen molar-refractivity contribution in [2.45, 2.75) is 33.2 Å². The largest absolute Gasteiger partial charge is 0.481 e. The number of aromatic nitrogens is 3. The molecular formula is C19H18N4O2S. The van der Waals surface area contributed by atoms with E-state index in [-0.39, 0.29) is 6.42 Å². The molecule has 132 valence electrons. The molecule has 3 heterocycles. The molecule has 0 spiro atoms. The van der Waals surface area contributed by atoms with Crippen LogP contribution in [0.2, 0.25) is 0 Å². The molecule has 26 heavy (non-hydrogen) atoms. The van der Waals surface area contributed by atoms with Crippen LogP contribution >= 0.6 is 11.3 Å². The van der Waals surface area contributed by atoms with Gasteiger partial charge in [-0.25, -0.2) is 0 Å².